The van der Waals surface area contributed by atoms with Crippen LogP contribution in [0.4, 0.5) is 0 Å². The Hall–Kier alpha value is -3.05. The molecule has 4 rings (SSSR count). The van der Waals surface area contributed by atoms with Crippen LogP contribution in [0.15, 0.2) is 23.2 Å². The number of hydrogen-bond donors (Lipinski definition) is 2. The molecule has 0 bridgehead atoms. The Bertz CT molecular complexity index is 1340. The molecule has 2 N–H and O–H groups in total. The van der Waals surface area contributed by atoms with Gasteiger partial charge in [-0.25, -0.2) is 14.4 Å². The van der Waals surface area contributed by atoms with E-state index in [0.717, 1.165) is 32.1 Å². The molecule has 0 aromatic carbocycles. The number of aliphatic hydroxyl groups is 1. The van der Waals surface area contributed by atoms with Crippen LogP contribution in [0.25, 0.3) is 0 Å². The average Bonchev–Trinajstić information content (AvgIpc) is 2.98. The van der Waals surface area contributed by atoms with Crippen LogP contribution in [-0.2, 0) is 43.0 Å². The molecule has 0 aromatic rings. The van der Waals surface area contributed by atoms with Gasteiger partial charge in [0.2, 0.25) is 11.6 Å². The zero-order chi connectivity index (χ0) is 35.1. The molecule has 1 heterocycles. The van der Waals surface area contributed by atoms with Crippen LogP contribution in [0.3, 0.4) is 0 Å². The first-order chi connectivity index (χ1) is 22.0. The fourth-order valence-electron chi connectivity index (χ4n) is 8.65. The fraction of sp³-hybridized carbons (Fsp3) is 0.750. The smallest absolute Gasteiger partial charge is 0.335 e. The number of ether oxygens (including phenoxy) is 3. The number of methoxy groups -OCH3 is 1. The number of fused-ring (bicyclic) bond motifs is 2. The second-order valence-corrected chi connectivity index (χ2v) is 15.4. The molecule has 1 aliphatic heterocycles. The van der Waals surface area contributed by atoms with Gasteiger partial charge in [0.05, 0.1) is 12.5 Å². The lowest BCUT2D eigenvalue weighted by Gasteiger charge is -2.64. The summed E-state index contributed by atoms with van der Waals surface area (Å²) in [6, 6.07) is -1.02. The van der Waals surface area contributed by atoms with Crippen molar-refractivity contribution < 1.29 is 48.1 Å². The summed E-state index contributed by atoms with van der Waals surface area (Å²) in [7, 11) is 1.36. The van der Waals surface area contributed by atoms with Gasteiger partial charge in [0.25, 0.3) is 0 Å². The molecule has 47 heavy (non-hydrogen) atoms. The number of carbonyl (C=O) groups is 5. The van der Waals surface area contributed by atoms with E-state index in [4.69, 9.17) is 19.0 Å². The summed E-state index contributed by atoms with van der Waals surface area (Å²) in [6.45, 7) is 14.3. The summed E-state index contributed by atoms with van der Waals surface area (Å²) in [5.41, 5.74) is -0.253. The van der Waals surface area contributed by atoms with E-state index < -0.39 is 81.7 Å². The lowest BCUT2D eigenvalue weighted by Crippen LogP contribution is -2.71. The van der Waals surface area contributed by atoms with E-state index in [2.05, 4.69) is 12.4 Å². The van der Waals surface area contributed by atoms with Crippen LogP contribution in [0.2, 0.25) is 0 Å². The number of allylic oxidation sites excluding steroid dienone is 3. The van der Waals surface area contributed by atoms with E-state index in [-0.39, 0.29) is 23.9 Å². The number of Topliss-reactive ketones (excluding diaryl/α,β-unsaturated/α-hetero) is 2. The Morgan fingerprint density at radius 1 is 1.11 bits per heavy atom. The van der Waals surface area contributed by atoms with E-state index in [1.54, 1.807) is 47.6 Å². The average molecular weight is 660 g/mol. The highest BCUT2D eigenvalue weighted by atomic mass is 16.7. The van der Waals surface area contributed by atoms with E-state index in [0.29, 0.717) is 18.4 Å². The zero-order valence-corrected chi connectivity index (χ0v) is 29.4. The van der Waals surface area contributed by atoms with Gasteiger partial charge in [-0.05, 0) is 64.0 Å². The Labute approximate surface area is 278 Å². The van der Waals surface area contributed by atoms with Gasteiger partial charge in [-0.3, -0.25) is 9.59 Å². The van der Waals surface area contributed by atoms with Crippen molar-refractivity contribution in [3.05, 3.63) is 23.2 Å². The minimum absolute atomic E-state index is 0.0178. The molecule has 262 valence electrons. The largest absolute Gasteiger partial charge is 0.493 e. The minimum Gasteiger partial charge on any atom is -0.493 e. The van der Waals surface area contributed by atoms with Crippen molar-refractivity contribution in [1.29, 1.82) is 0 Å². The summed E-state index contributed by atoms with van der Waals surface area (Å²) < 4.78 is 17.2. The molecule has 1 unspecified atom stereocenters. The number of aliphatic hydroxyl groups excluding tert-OH is 1. The van der Waals surface area contributed by atoms with E-state index in [1.807, 2.05) is 6.92 Å². The van der Waals surface area contributed by atoms with Crippen LogP contribution in [-0.4, -0.2) is 59.9 Å². The van der Waals surface area contributed by atoms with Crippen molar-refractivity contribution >= 4 is 29.5 Å². The highest BCUT2D eigenvalue weighted by Crippen LogP contribution is 2.67. The standard InChI is InChI=1S/C36H53NO10/c1-10-11-12-13-14-15-16-22(37-47-33(43)34(4,5)6)31(41)45-23-17-19(2)21-18-24-36(8)25(26(38)32(42)46-24)20(3)28(44-9)27(39)29(36)35(21,7)30(23)40/h17,19,21-22,24-26,29,37-38H,10-16,18H2,1-9H3/t19-,21+,22?,24-,25-,26-,29-,35+,36+/m1/s1. The summed E-state index contributed by atoms with van der Waals surface area (Å²) in [5, 5.41) is 11.1. The van der Waals surface area contributed by atoms with Crippen LogP contribution >= 0.6 is 0 Å². The molecule has 0 aromatic heterocycles. The lowest BCUT2D eigenvalue weighted by molar-refractivity contribution is -0.234. The van der Waals surface area contributed by atoms with E-state index in [9.17, 15) is 29.1 Å². The number of nitrogens with one attached hydrogen (secondary N) is 1. The number of esters is 2. The van der Waals surface area contributed by atoms with Gasteiger partial charge in [-0.2, -0.15) is 0 Å². The predicted molar refractivity (Wildman–Crippen MR) is 171 cm³/mol. The molecule has 2 fully saturated rings. The molecular weight excluding hydrogens is 606 g/mol. The molecule has 0 spiro atoms. The maximum atomic E-state index is 14.6. The first-order valence-electron chi connectivity index (χ1n) is 17.1. The molecule has 0 amide bonds. The van der Waals surface area contributed by atoms with Crippen LogP contribution in [0.5, 0.6) is 0 Å². The molecule has 4 aliphatic rings. The van der Waals surface area contributed by atoms with Gasteiger partial charge < -0.3 is 24.2 Å². The molecule has 0 radical (unpaired) electrons. The van der Waals surface area contributed by atoms with Gasteiger partial charge >= 0.3 is 17.9 Å². The molecule has 1 saturated carbocycles. The monoisotopic (exact) mass is 659 g/mol. The van der Waals surface area contributed by atoms with Crippen molar-refractivity contribution in [3.63, 3.8) is 0 Å². The summed E-state index contributed by atoms with van der Waals surface area (Å²) in [5.74, 6) is -5.78. The summed E-state index contributed by atoms with van der Waals surface area (Å²) in [4.78, 5) is 73.2. The fourth-order valence-corrected chi connectivity index (χ4v) is 8.65. The number of carbonyl (C=O) groups excluding carboxylic acids is 5. The Morgan fingerprint density at radius 3 is 2.36 bits per heavy atom. The highest BCUT2D eigenvalue weighted by molar-refractivity contribution is 6.08. The first kappa shape index (κ1) is 36.8. The first-order valence-corrected chi connectivity index (χ1v) is 17.1. The second kappa shape index (κ2) is 13.8. The molecule has 11 heteroatoms. The van der Waals surface area contributed by atoms with E-state index >= 15 is 0 Å². The molecule has 9 atom stereocenters. The maximum absolute atomic E-state index is 14.6. The quantitative estimate of drug-likeness (QED) is 0.127. The maximum Gasteiger partial charge on any atom is 0.335 e. The van der Waals surface area contributed by atoms with Gasteiger partial charge in [0, 0.05) is 22.7 Å². The van der Waals surface area contributed by atoms with Crippen molar-refractivity contribution in [2.24, 2.45) is 39.9 Å². The Morgan fingerprint density at radius 2 is 1.74 bits per heavy atom. The van der Waals surface area contributed by atoms with Crippen LogP contribution in [0.1, 0.15) is 107 Å². The van der Waals surface area contributed by atoms with Gasteiger partial charge in [0.1, 0.15) is 12.1 Å². The summed E-state index contributed by atoms with van der Waals surface area (Å²) >= 11 is 0. The Kier molecular flexibility index (Phi) is 10.8. The topological polar surface area (TPSA) is 155 Å². The molecule has 3 aliphatic carbocycles. The van der Waals surface area contributed by atoms with Gasteiger partial charge in [-0.15, -0.1) is 5.48 Å². The van der Waals surface area contributed by atoms with Gasteiger partial charge in [0.15, 0.2) is 17.6 Å². The zero-order valence-electron chi connectivity index (χ0n) is 29.4. The number of ketones is 2. The molecule has 11 nitrogen and oxygen atoms in total. The SMILES string of the molecule is CCCCCCCCC(NOC(=O)C(C)(C)C)C(=O)OC1=C[C@@H](C)[C@@H]2C[C@H]3OC(=O)[C@H](O)[C@H]4C(C)=C(OC)C(=O)[C@H]([C@@]2(C)C1=O)[C@]43C. The van der Waals surface area contributed by atoms with Crippen molar-refractivity contribution in [2.45, 2.75) is 125 Å². The minimum atomic E-state index is -1.54. The normalized spacial score (nSPS) is 34.1. The third-order valence-corrected chi connectivity index (χ3v) is 11.2. The van der Waals surface area contributed by atoms with Crippen molar-refractivity contribution in [2.75, 3.05) is 7.11 Å². The highest BCUT2D eigenvalue weighted by Gasteiger charge is 2.73. The third kappa shape index (κ3) is 6.42. The Balaban J connectivity index is 1.65. The second-order valence-electron chi connectivity index (χ2n) is 15.4. The van der Waals surface area contributed by atoms with E-state index in [1.165, 1.54) is 7.11 Å². The lowest BCUT2D eigenvalue weighted by atomic mass is 9.40. The number of hydrogen-bond acceptors (Lipinski definition) is 11. The number of rotatable bonds is 12. The van der Waals surface area contributed by atoms with Crippen LogP contribution in [0, 0.1) is 39.9 Å². The van der Waals surface area contributed by atoms with Crippen LogP contribution < -0.4 is 5.48 Å². The van der Waals surface area contributed by atoms with Gasteiger partial charge in [-0.1, -0.05) is 66.2 Å². The predicted octanol–water partition coefficient (Wildman–Crippen LogP) is 4.90. The molecule has 1 saturated heterocycles. The molecular formula is C36H53NO10. The van der Waals surface area contributed by atoms with Crippen molar-refractivity contribution in [3.8, 4) is 0 Å². The number of unbranched alkanes of at least 4 members (excludes halogenated alkanes) is 5. The summed E-state index contributed by atoms with van der Waals surface area (Å²) in [6.07, 6.45) is 5.86. The third-order valence-electron chi connectivity index (χ3n) is 11.2. The number of hydroxylamine groups is 1. The van der Waals surface area contributed by atoms with Crippen molar-refractivity contribution in [1.82, 2.24) is 5.48 Å².